The number of aliphatic hydroxyl groups is 1. The van der Waals surface area contributed by atoms with Gasteiger partial charge in [0.05, 0.1) is 18.3 Å². The SMILES string of the molecule is O=C(O)CC(=CO)C(=O)O. The summed E-state index contributed by atoms with van der Waals surface area (Å²) in [4.78, 5) is 19.8. The minimum atomic E-state index is -1.43. The van der Waals surface area contributed by atoms with Crippen LogP contribution in [0.2, 0.25) is 0 Å². The Bertz CT molecular complexity index is 180. The maximum absolute atomic E-state index is 9.97. The van der Waals surface area contributed by atoms with Crippen LogP contribution in [0.25, 0.3) is 0 Å². The van der Waals surface area contributed by atoms with E-state index in [0.717, 1.165) is 0 Å². The first-order valence-electron chi connectivity index (χ1n) is 2.36. The Morgan fingerprint density at radius 1 is 1.30 bits per heavy atom. The van der Waals surface area contributed by atoms with Crippen LogP contribution in [0.1, 0.15) is 6.42 Å². The standard InChI is InChI=1S/C5H6O5/c6-2-3(5(9)10)1-4(7)8/h2,6H,1H2,(H,7,8)(H,9,10). The van der Waals surface area contributed by atoms with Crippen LogP contribution in [-0.2, 0) is 9.59 Å². The van der Waals surface area contributed by atoms with Gasteiger partial charge in [0, 0.05) is 0 Å². The fraction of sp³-hybridized carbons (Fsp3) is 0.200. The molecule has 0 rings (SSSR count). The lowest BCUT2D eigenvalue weighted by Crippen LogP contribution is -2.06. The van der Waals surface area contributed by atoms with E-state index in [1.54, 1.807) is 0 Å². The van der Waals surface area contributed by atoms with E-state index in [-0.39, 0.29) is 6.26 Å². The highest BCUT2D eigenvalue weighted by atomic mass is 16.4. The molecule has 3 N–H and O–H groups in total. The van der Waals surface area contributed by atoms with Crippen LogP contribution in [0, 0.1) is 0 Å². The van der Waals surface area contributed by atoms with E-state index < -0.39 is 23.9 Å². The van der Waals surface area contributed by atoms with Crippen molar-refractivity contribution in [3.63, 3.8) is 0 Å². The summed E-state index contributed by atoms with van der Waals surface area (Å²) in [6.45, 7) is 0. The quantitative estimate of drug-likeness (QED) is 0.384. The van der Waals surface area contributed by atoms with Gasteiger partial charge in [0.2, 0.25) is 0 Å². The zero-order chi connectivity index (χ0) is 8.15. The predicted molar refractivity (Wildman–Crippen MR) is 30.6 cm³/mol. The van der Waals surface area contributed by atoms with Crippen LogP contribution < -0.4 is 0 Å². The largest absolute Gasteiger partial charge is 0.515 e. The third kappa shape index (κ3) is 2.71. The second-order valence-corrected chi connectivity index (χ2v) is 1.53. The molecular formula is C5H6O5. The van der Waals surface area contributed by atoms with Crippen molar-refractivity contribution in [3.8, 4) is 0 Å². The third-order valence-electron chi connectivity index (χ3n) is 0.772. The van der Waals surface area contributed by atoms with Crippen molar-refractivity contribution in [1.82, 2.24) is 0 Å². The van der Waals surface area contributed by atoms with Crippen molar-refractivity contribution >= 4 is 11.9 Å². The molecule has 0 aromatic heterocycles. The second-order valence-electron chi connectivity index (χ2n) is 1.53. The summed E-state index contributed by atoms with van der Waals surface area (Å²) in [6, 6.07) is 0. The second kappa shape index (κ2) is 3.49. The average Bonchev–Trinajstić information content (AvgIpc) is 1.81. The van der Waals surface area contributed by atoms with Crippen molar-refractivity contribution in [3.05, 3.63) is 11.8 Å². The molecule has 0 bridgehead atoms. The van der Waals surface area contributed by atoms with Crippen molar-refractivity contribution < 1.29 is 24.9 Å². The fourth-order valence-corrected chi connectivity index (χ4v) is 0.339. The highest BCUT2D eigenvalue weighted by Gasteiger charge is 2.10. The number of rotatable bonds is 3. The van der Waals surface area contributed by atoms with E-state index in [1.807, 2.05) is 0 Å². The molecule has 5 nitrogen and oxygen atoms in total. The zero-order valence-corrected chi connectivity index (χ0v) is 4.94. The third-order valence-corrected chi connectivity index (χ3v) is 0.772. The van der Waals surface area contributed by atoms with Crippen LogP contribution in [0.5, 0.6) is 0 Å². The van der Waals surface area contributed by atoms with Gasteiger partial charge >= 0.3 is 11.9 Å². The normalized spacial score (nSPS) is 11.0. The van der Waals surface area contributed by atoms with Gasteiger partial charge in [0.1, 0.15) is 0 Å². The number of hydrogen-bond donors (Lipinski definition) is 3. The molecule has 0 fully saturated rings. The zero-order valence-electron chi connectivity index (χ0n) is 4.94. The molecule has 0 atom stereocenters. The van der Waals surface area contributed by atoms with E-state index in [2.05, 4.69) is 0 Å². The molecule has 0 unspecified atom stereocenters. The maximum atomic E-state index is 9.97. The van der Waals surface area contributed by atoms with Crippen molar-refractivity contribution in [2.24, 2.45) is 0 Å². The Morgan fingerprint density at radius 3 is 1.90 bits per heavy atom. The number of carboxylic acids is 2. The fourth-order valence-electron chi connectivity index (χ4n) is 0.339. The summed E-state index contributed by atoms with van der Waals surface area (Å²) in [5, 5.41) is 24.3. The molecule has 0 heterocycles. The Kier molecular flexibility index (Phi) is 2.96. The lowest BCUT2D eigenvalue weighted by Gasteiger charge is -1.92. The number of aliphatic hydroxyl groups excluding tert-OH is 1. The van der Waals surface area contributed by atoms with Gasteiger partial charge in [-0.05, 0) is 0 Å². The van der Waals surface area contributed by atoms with Crippen molar-refractivity contribution in [2.45, 2.75) is 6.42 Å². The summed E-state index contributed by atoms with van der Waals surface area (Å²) in [6.07, 6.45) is -0.401. The van der Waals surface area contributed by atoms with Crippen LogP contribution in [0.3, 0.4) is 0 Å². The number of hydrogen-bond acceptors (Lipinski definition) is 3. The van der Waals surface area contributed by atoms with Gasteiger partial charge in [-0.2, -0.15) is 0 Å². The van der Waals surface area contributed by atoms with Crippen LogP contribution in [-0.4, -0.2) is 27.3 Å². The molecule has 56 valence electrons. The van der Waals surface area contributed by atoms with Gasteiger partial charge in [-0.15, -0.1) is 0 Å². The smallest absolute Gasteiger partial charge is 0.335 e. The molecule has 0 radical (unpaired) electrons. The van der Waals surface area contributed by atoms with E-state index >= 15 is 0 Å². The van der Waals surface area contributed by atoms with Gasteiger partial charge in [-0.25, -0.2) is 4.79 Å². The van der Waals surface area contributed by atoms with E-state index in [0.29, 0.717) is 0 Å². The molecular weight excluding hydrogens is 140 g/mol. The van der Waals surface area contributed by atoms with Gasteiger partial charge in [-0.3, -0.25) is 4.79 Å². The molecule has 5 heteroatoms. The Hall–Kier alpha value is -1.52. The van der Waals surface area contributed by atoms with Crippen molar-refractivity contribution in [2.75, 3.05) is 0 Å². The first-order chi connectivity index (χ1) is 4.57. The summed E-state index contributed by atoms with van der Waals surface area (Å²) in [7, 11) is 0. The van der Waals surface area contributed by atoms with E-state index in [9.17, 15) is 9.59 Å². The average molecular weight is 146 g/mol. The van der Waals surface area contributed by atoms with Crippen molar-refractivity contribution in [1.29, 1.82) is 0 Å². The van der Waals surface area contributed by atoms with Crippen LogP contribution >= 0.6 is 0 Å². The van der Waals surface area contributed by atoms with E-state index in [1.165, 1.54) is 0 Å². The summed E-state index contributed by atoms with van der Waals surface area (Å²) in [5.74, 6) is -2.72. The summed E-state index contributed by atoms with van der Waals surface area (Å²) >= 11 is 0. The lowest BCUT2D eigenvalue weighted by atomic mass is 10.2. The van der Waals surface area contributed by atoms with E-state index in [4.69, 9.17) is 15.3 Å². The van der Waals surface area contributed by atoms with Gasteiger partial charge < -0.3 is 15.3 Å². The van der Waals surface area contributed by atoms with Crippen LogP contribution in [0.4, 0.5) is 0 Å². The minimum absolute atomic E-state index is 0.274. The predicted octanol–water partition coefficient (Wildman–Crippen LogP) is -0.0124. The number of aliphatic carboxylic acids is 2. The van der Waals surface area contributed by atoms with Gasteiger partial charge in [0.25, 0.3) is 0 Å². The highest BCUT2D eigenvalue weighted by Crippen LogP contribution is 1.98. The maximum Gasteiger partial charge on any atom is 0.335 e. The van der Waals surface area contributed by atoms with Crippen LogP contribution in [0.15, 0.2) is 11.8 Å². The molecule has 0 aliphatic rings. The molecule has 0 aliphatic carbocycles. The molecule has 0 aliphatic heterocycles. The monoisotopic (exact) mass is 146 g/mol. The highest BCUT2D eigenvalue weighted by molar-refractivity contribution is 5.91. The minimum Gasteiger partial charge on any atom is -0.515 e. The molecule has 0 saturated carbocycles. The molecule has 0 saturated heterocycles. The first kappa shape index (κ1) is 8.48. The summed E-state index contributed by atoms with van der Waals surface area (Å²) < 4.78 is 0. The molecule has 0 amide bonds. The summed E-state index contributed by atoms with van der Waals surface area (Å²) in [5.41, 5.74) is -0.535. The molecule has 0 spiro atoms. The molecule has 0 aromatic carbocycles. The Balaban J connectivity index is 4.12. The number of carboxylic acid groups (broad SMARTS) is 2. The Morgan fingerprint density at radius 2 is 1.80 bits per heavy atom. The first-order valence-corrected chi connectivity index (χ1v) is 2.36. The van der Waals surface area contributed by atoms with Gasteiger partial charge in [-0.1, -0.05) is 0 Å². The topological polar surface area (TPSA) is 94.8 Å². The lowest BCUT2D eigenvalue weighted by molar-refractivity contribution is -0.139. The Labute approximate surface area is 56.2 Å². The number of carbonyl (C=O) groups is 2. The molecule has 0 aromatic rings. The molecule has 10 heavy (non-hydrogen) atoms. The van der Waals surface area contributed by atoms with Gasteiger partial charge in [0.15, 0.2) is 0 Å².